The van der Waals surface area contributed by atoms with Gasteiger partial charge in [-0.05, 0) is 52.1 Å². The molecule has 302 valence electrons. The first-order chi connectivity index (χ1) is 27.8. The minimum absolute atomic E-state index is 0.0613. The van der Waals surface area contributed by atoms with E-state index >= 15 is 0 Å². The van der Waals surface area contributed by atoms with E-state index in [1.807, 2.05) is 140 Å². The van der Waals surface area contributed by atoms with Crippen LogP contribution in [0.2, 0.25) is 0 Å². The van der Waals surface area contributed by atoms with Crippen LogP contribution in [-0.2, 0) is 66.4 Å². The molecular formula is C46H53NO10. The number of carbonyl (C=O) groups is 1. The second-order valence-electron chi connectivity index (χ2n) is 13.5. The highest BCUT2D eigenvalue weighted by molar-refractivity contribution is 5.80. The Balaban J connectivity index is 1.55. The molecule has 0 aromatic heterocycles. The van der Waals surface area contributed by atoms with Gasteiger partial charge in [-0.25, -0.2) is 5.06 Å². The van der Waals surface area contributed by atoms with E-state index < -0.39 is 29.8 Å². The summed E-state index contributed by atoms with van der Waals surface area (Å²) >= 11 is 0. The number of ether oxygens (including phenoxy) is 7. The maximum Gasteiger partial charge on any atom is 0.277 e. The summed E-state index contributed by atoms with van der Waals surface area (Å²) in [6, 6.07) is 43.5. The van der Waals surface area contributed by atoms with Crippen LogP contribution < -0.4 is 9.47 Å². The fourth-order valence-corrected chi connectivity index (χ4v) is 6.09. The molecule has 3 atom stereocenters. The second-order valence-corrected chi connectivity index (χ2v) is 13.5. The molecule has 1 amide bonds. The number of hydrogen-bond donors (Lipinski definition) is 1. The van der Waals surface area contributed by atoms with Crippen molar-refractivity contribution in [1.82, 2.24) is 5.06 Å². The van der Waals surface area contributed by atoms with Gasteiger partial charge < -0.3 is 38.3 Å². The number of rotatable bonds is 24. The molecule has 0 aliphatic carbocycles. The average Bonchev–Trinajstić information content (AvgIpc) is 3.26. The number of hydrogen-bond acceptors (Lipinski definition) is 10. The number of amides is 1. The highest BCUT2D eigenvalue weighted by Gasteiger charge is 2.50. The Morgan fingerprint density at radius 2 is 0.930 bits per heavy atom. The van der Waals surface area contributed by atoms with E-state index in [1.54, 1.807) is 14.2 Å². The zero-order valence-electron chi connectivity index (χ0n) is 33.0. The molecule has 5 aromatic rings. The van der Waals surface area contributed by atoms with Crippen LogP contribution in [0.5, 0.6) is 11.5 Å². The van der Waals surface area contributed by atoms with Gasteiger partial charge in [0.25, 0.3) is 5.91 Å². The van der Waals surface area contributed by atoms with E-state index in [9.17, 15) is 9.90 Å². The van der Waals surface area contributed by atoms with Crippen LogP contribution in [0.1, 0.15) is 27.8 Å². The third kappa shape index (κ3) is 13.2. The van der Waals surface area contributed by atoms with Crippen molar-refractivity contribution in [3.8, 4) is 11.5 Å². The smallest absolute Gasteiger partial charge is 0.277 e. The van der Waals surface area contributed by atoms with Crippen molar-refractivity contribution < 1.29 is 47.9 Å². The first-order valence-corrected chi connectivity index (χ1v) is 18.7. The molecule has 0 bridgehead atoms. The van der Waals surface area contributed by atoms with Crippen molar-refractivity contribution in [3.63, 3.8) is 0 Å². The van der Waals surface area contributed by atoms with Crippen molar-refractivity contribution in [2.24, 2.45) is 0 Å². The molecule has 5 rings (SSSR count). The average molecular weight is 780 g/mol. The predicted octanol–water partition coefficient (Wildman–Crippen LogP) is 6.94. The molecule has 0 saturated heterocycles. The number of likely N-dealkylation sites (N-methyl/N-ethyl adjacent to an activating group) is 1. The molecule has 0 aliphatic rings. The van der Waals surface area contributed by atoms with Gasteiger partial charge in [-0.3, -0.25) is 9.63 Å². The van der Waals surface area contributed by atoms with Crippen LogP contribution in [0.25, 0.3) is 0 Å². The summed E-state index contributed by atoms with van der Waals surface area (Å²) in [6.07, 6.45) is -3.81. The third-order valence-electron chi connectivity index (χ3n) is 9.34. The minimum Gasteiger partial charge on any atom is -0.497 e. The SMILES string of the molecule is COc1ccc(COCC(O)(COCc2ccc(OC)cc2)C(OCc2ccccc2)C(OCc2ccccc2)C(OCc2ccccc2)C(=O)N(C)OC)cc1. The molecule has 57 heavy (non-hydrogen) atoms. The van der Waals surface area contributed by atoms with Gasteiger partial charge in [0.1, 0.15) is 29.3 Å². The van der Waals surface area contributed by atoms with Crippen LogP contribution in [0.4, 0.5) is 0 Å². The number of hydroxylamine groups is 2. The summed E-state index contributed by atoms with van der Waals surface area (Å²) < 4.78 is 43.2. The monoisotopic (exact) mass is 779 g/mol. The van der Waals surface area contributed by atoms with Crippen LogP contribution >= 0.6 is 0 Å². The Morgan fingerprint density at radius 1 is 0.544 bits per heavy atom. The molecule has 0 radical (unpaired) electrons. The van der Waals surface area contributed by atoms with Gasteiger partial charge in [0, 0.05) is 7.05 Å². The summed E-state index contributed by atoms with van der Waals surface area (Å²) in [4.78, 5) is 19.7. The van der Waals surface area contributed by atoms with Crippen LogP contribution in [0.3, 0.4) is 0 Å². The highest BCUT2D eigenvalue weighted by atomic mass is 16.7. The molecule has 0 saturated carbocycles. The number of benzene rings is 5. The van der Waals surface area contributed by atoms with E-state index in [0.717, 1.165) is 32.9 Å². The number of methoxy groups -OCH3 is 2. The normalized spacial score (nSPS) is 13.1. The van der Waals surface area contributed by atoms with Crippen LogP contribution in [0, 0.1) is 0 Å². The molecular weight excluding hydrogens is 727 g/mol. The Labute approximate surface area is 335 Å². The molecule has 0 heterocycles. The van der Waals surface area contributed by atoms with Crippen molar-refractivity contribution in [1.29, 1.82) is 0 Å². The maximum absolute atomic E-state index is 14.3. The zero-order chi connectivity index (χ0) is 40.3. The minimum atomic E-state index is -1.91. The Hall–Kier alpha value is -5.11. The lowest BCUT2D eigenvalue weighted by molar-refractivity contribution is -0.243. The molecule has 1 N–H and O–H groups in total. The summed E-state index contributed by atoms with van der Waals surface area (Å²) in [5.74, 6) is 0.880. The van der Waals surface area contributed by atoms with Crippen molar-refractivity contribution in [2.45, 2.75) is 56.9 Å². The molecule has 11 heteroatoms. The van der Waals surface area contributed by atoms with Gasteiger partial charge in [-0.15, -0.1) is 0 Å². The Kier molecular flexibility index (Phi) is 17.0. The summed E-state index contributed by atoms with van der Waals surface area (Å²) in [5, 5.41) is 14.1. The summed E-state index contributed by atoms with van der Waals surface area (Å²) in [5.41, 5.74) is 2.32. The van der Waals surface area contributed by atoms with E-state index in [0.29, 0.717) is 11.5 Å². The van der Waals surface area contributed by atoms with Crippen LogP contribution in [-0.4, -0.2) is 81.6 Å². The maximum atomic E-state index is 14.3. The van der Waals surface area contributed by atoms with E-state index in [-0.39, 0.29) is 46.2 Å². The quantitative estimate of drug-likeness (QED) is 0.0661. The van der Waals surface area contributed by atoms with Crippen molar-refractivity contribution in [3.05, 3.63) is 167 Å². The fraction of sp³-hybridized carbons (Fsp3) is 0.326. The highest BCUT2D eigenvalue weighted by Crippen LogP contribution is 2.29. The lowest BCUT2D eigenvalue weighted by atomic mass is 9.90. The molecule has 11 nitrogen and oxygen atoms in total. The Bertz CT molecular complexity index is 1810. The van der Waals surface area contributed by atoms with Gasteiger partial charge in [-0.1, -0.05) is 115 Å². The first-order valence-electron chi connectivity index (χ1n) is 18.7. The van der Waals surface area contributed by atoms with Gasteiger partial charge in [-0.2, -0.15) is 0 Å². The van der Waals surface area contributed by atoms with E-state index in [2.05, 4.69) is 0 Å². The van der Waals surface area contributed by atoms with Crippen molar-refractivity contribution in [2.75, 3.05) is 41.6 Å². The summed E-state index contributed by atoms with van der Waals surface area (Å²) in [7, 11) is 6.11. The van der Waals surface area contributed by atoms with Crippen molar-refractivity contribution >= 4 is 5.91 Å². The second kappa shape index (κ2) is 22.6. The Morgan fingerprint density at radius 3 is 1.33 bits per heavy atom. The van der Waals surface area contributed by atoms with E-state index in [1.165, 1.54) is 14.2 Å². The topological polar surface area (TPSA) is 114 Å². The predicted molar refractivity (Wildman–Crippen MR) is 215 cm³/mol. The fourth-order valence-electron chi connectivity index (χ4n) is 6.09. The largest absolute Gasteiger partial charge is 0.497 e. The standard InChI is InChI=1S/C46H53NO10/c1-47(52-4)45(48)43(56-31-36-16-10-6-11-17-36)42(55-30-35-14-8-5-9-15-35)44(57-32-37-18-12-7-13-19-37)46(49,33-53-28-38-20-24-40(50-2)25-21-38)34-54-29-39-22-26-41(51-3)27-23-39/h5-27,42-44,49H,28-34H2,1-4H3. The zero-order valence-corrected chi connectivity index (χ0v) is 33.0. The van der Waals surface area contributed by atoms with E-state index in [4.69, 9.17) is 38.0 Å². The first kappa shape index (κ1) is 43.0. The third-order valence-corrected chi connectivity index (χ3v) is 9.34. The van der Waals surface area contributed by atoms with Gasteiger partial charge >= 0.3 is 0 Å². The number of aliphatic hydroxyl groups is 1. The molecule has 0 fully saturated rings. The molecule has 3 unspecified atom stereocenters. The molecule has 0 spiro atoms. The van der Waals surface area contributed by atoms with Crippen LogP contribution in [0.15, 0.2) is 140 Å². The molecule has 0 aliphatic heterocycles. The lowest BCUT2D eigenvalue weighted by Crippen LogP contribution is -2.62. The number of carbonyl (C=O) groups excluding carboxylic acids is 1. The molecule has 5 aromatic carbocycles. The lowest BCUT2D eigenvalue weighted by Gasteiger charge is -2.42. The van der Waals surface area contributed by atoms with Gasteiger partial charge in [0.05, 0.1) is 67.6 Å². The summed E-state index contributed by atoms with van der Waals surface area (Å²) in [6.45, 7) is -0.00312. The van der Waals surface area contributed by atoms with Gasteiger partial charge in [0.15, 0.2) is 6.10 Å². The van der Waals surface area contributed by atoms with Gasteiger partial charge in [0.2, 0.25) is 0 Å². The number of nitrogens with zero attached hydrogens (tertiary/aromatic N) is 1.